The molecule has 0 radical (unpaired) electrons. The molecule has 1 fully saturated rings. The van der Waals surface area contributed by atoms with Gasteiger partial charge in [-0.2, -0.15) is 0 Å². The second-order valence-electron chi connectivity index (χ2n) is 6.80. The van der Waals surface area contributed by atoms with E-state index in [1.807, 2.05) is 6.07 Å². The number of benzene rings is 1. The largest absolute Gasteiger partial charge is 0.456 e. The lowest BCUT2D eigenvalue weighted by Gasteiger charge is -2.49. The Hall–Kier alpha value is -3.30. The number of methoxy groups -OCH3 is 1. The molecule has 1 amide bonds. The first-order chi connectivity index (χ1) is 14.1. The van der Waals surface area contributed by atoms with E-state index >= 15 is 0 Å². The van der Waals surface area contributed by atoms with Gasteiger partial charge in [-0.1, -0.05) is 18.2 Å². The van der Waals surface area contributed by atoms with E-state index < -0.39 is 54.5 Å². The Morgan fingerprint density at radius 2 is 1.40 bits per heavy atom. The number of anilines is 1. The van der Waals surface area contributed by atoms with Gasteiger partial charge in [-0.15, -0.1) is 0 Å². The third-order valence-corrected chi connectivity index (χ3v) is 4.57. The lowest BCUT2D eigenvalue weighted by Crippen LogP contribution is -2.70. The minimum absolute atomic E-state index is 0.627. The molecular weight excluding hydrogens is 396 g/mol. The summed E-state index contributed by atoms with van der Waals surface area (Å²) in [5.41, 5.74) is 0.684. The van der Waals surface area contributed by atoms with Crippen LogP contribution in [0.25, 0.3) is 0 Å². The van der Waals surface area contributed by atoms with Gasteiger partial charge in [0.1, 0.15) is 0 Å². The summed E-state index contributed by atoms with van der Waals surface area (Å²) in [4.78, 5) is 49.1. The monoisotopic (exact) mass is 422 g/mol. The molecule has 1 saturated heterocycles. The molecule has 1 aliphatic rings. The summed E-state index contributed by atoms with van der Waals surface area (Å²) in [6, 6.07) is 7.63. The van der Waals surface area contributed by atoms with Gasteiger partial charge >= 0.3 is 24.0 Å². The Bertz CT molecular complexity index is 784. The van der Waals surface area contributed by atoms with Crippen molar-refractivity contribution in [1.29, 1.82) is 0 Å². The van der Waals surface area contributed by atoms with Crippen molar-refractivity contribution in [1.82, 2.24) is 4.90 Å². The molecule has 0 aliphatic carbocycles. The third kappa shape index (κ3) is 5.40. The first-order valence-corrected chi connectivity index (χ1v) is 9.35. The van der Waals surface area contributed by atoms with Crippen molar-refractivity contribution in [3.05, 3.63) is 30.3 Å². The molecule has 0 aromatic heterocycles. The smallest absolute Gasteiger partial charge is 0.412 e. The van der Waals surface area contributed by atoms with E-state index in [9.17, 15) is 19.2 Å². The van der Waals surface area contributed by atoms with Crippen LogP contribution in [0, 0.1) is 0 Å². The van der Waals surface area contributed by atoms with Crippen LogP contribution in [0.5, 0.6) is 0 Å². The van der Waals surface area contributed by atoms with Crippen molar-refractivity contribution in [2.45, 2.75) is 58.2 Å². The highest BCUT2D eigenvalue weighted by Gasteiger charge is 2.55. The van der Waals surface area contributed by atoms with Gasteiger partial charge in [0.2, 0.25) is 6.23 Å². The van der Waals surface area contributed by atoms with Crippen LogP contribution < -0.4 is 5.32 Å². The van der Waals surface area contributed by atoms with Crippen molar-refractivity contribution in [2.24, 2.45) is 0 Å². The standard InChI is InChI=1S/C20H26N2O8/c1-11-16(21-15-9-7-6-8-10-15)17(28-12(2)23)18(29-13(3)24)19(30-14(4)25)22(11)20(26)27-5/h6-11,16-19,21H,1-5H3/t11-,16-,17+,18+,19-/m1/s1. The van der Waals surface area contributed by atoms with E-state index in [-0.39, 0.29) is 0 Å². The van der Waals surface area contributed by atoms with Crippen LogP contribution in [0.4, 0.5) is 10.5 Å². The van der Waals surface area contributed by atoms with Crippen LogP contribution in [-0.4, -0.2) is 66.5 Å². The maximum atomic E-state index is 12.6. The van der Waals surface area contributed by atoms with Crippen LogP contribution in [0.2, 0.25) is 0 Å². The predicted molar refractivity (Wildman–Crippen MR) is 104 cm³/mol. The summed E-state index contributed by atoms with van der Waals surface area (Å²) in [6.45, 7) is 5.20. The number of nitrogens with zero attached hydrogens (tertiary/aromatic N) is 1. The van der Waals surface area contributed by atoms with Crippen molar-refractivity contribution in [3.8, 4) is 0 Å². The molecule has 0 saturated carbocycles. The highest BCUT2D eigenvalue weighted by atomic mass is 16.6. The van der Waals surface area contributed by atoms with Crippen LogP contribution >= 0.6 is 0 Å². The summed E-state index contributed by atoms with van der Waals surface area (Å²) in [5, 5.41) is 3.21. The molecule has 1 aromatic carbocycles. The van der Waals surface area contributed by atoms with Gasteiger partial charge < -0.3 is 24.3 Å². The fraction of sp³-hybridized carbons (Fsp3) is 0.500. The molecular formula is C20H26N2O8. The number of carbonyl (C=O) groups excluding carboxylic acids is 4. The number of rotatable bonds is 5. The van der Waals surface area contributed by atoms with E-state index in [0.29, 0.717) is 5.69 Å². The van der Waals surface area contributed by atoms with Crippen molar-refractivity contribution in [2.75, 3.05) is 12.4 Å². The van der Waals surface area contributed by atoms with E-state index in [4.69, 9.17) is 18.9 Å². The molecule has 10 nitrogen and oxygen atoms in total. The Labute approximate surface area is 174 Å². The molecule has 1 aliphatic heterocycles. The Kier molecular flexibility index (Phi) is 7.62. The van der Waals surface area contributed by atoms with E-state index in [0.717, 1.165) is 18.7 Å². The van der Waals surface area contributed by atoms with Crippen LogP contribution in [0.15, 0.2) is 30.3 Å². The predicted octanol–water partition coefficient (Wildman–Crippen LogP) is 1.69. The van der Waals surface area contributed by atoms with Crippen molar-refractivity contribution in [3.63, 3.8) is 0 Å². The Balaban J connectivity index is 2.56. The number of carbonyl (C=O) groups is 4. The van der Waals surface area contributed by atoms with Gasteiger partial charge in [0.15, 0.2) is 12.2 Å². The molecule has 10 heteroatoms. The van der Waals surface area contributed by atoms with Gasteiger partial charge in [0, 0.05) is 26.5 Å². The lowest BCUT2D eigenvalue weighted by molar-refractivity contribution is -0.216. The molecule has 0 spiro atoms. The summed E-state index contributed by atoms with van der Waals surface area (Å²) in [6.07, 6.45) is -4.50. The number of ether oxygens (including phenoxy) is 4. The number of hydrogen-bond acceptors (Lipinski definition) is 9. The zero-order valence-corrected chi connectivity index (χ0v) is 17.5. The molecule has 1 aromatic rings. The second-order valence-corrected chi connectivity index (χ2v) is 6.80. The highest BCUT2D eigenvalue weighted by Crippen LogP contribution is 2.32. The van der Waals surface area contributed by atoms with Gasteiger partial charge in [-0.25, -0.2) is 4.79 Å². The Morgan fingerprint density at radius 1 is 0.867 bits per heavy atom. The number of amides is 1. The number of hydrogen-bond donors (Lipinski definition) is 1. The minimum Gasteiger partial charge on any atom is -0.456 e. The summed E-state index contributed by atoms with van der Waals surface area (Å²) >= 11 is 0. The zero-order valence-electron chi connectivity index (χ0n) is 17.5. The van der Waals surface area contributed by atoms with Gasteiger partial charge in [0.25, 0.3) is 0 Å². The summed E-state index contributed by atoms with van der Waals surface area (Å²) < 4.78 is 21.0. The third-order valence-electron chi connectivity index (χ3n) is 4.57. The highest BCUT2D eigenvalue weighted by molar-refractivity contribution is 5.72. The van der Waals surface area contributed by atoms with Gasteiger partial charge in [0.05, 0.1) is 19.2 Å². The molecule has 164 valence electrons. The SMILES string of the molecule is COC(=O)N1[C@H](C)[C@@H](Nc2ccccc2)[C@H](OC(C)=O)[C@H](OC(C)=O)[C@H]1OC(C)=O. The summed E-state index contributed by atoms with van der Waals surface area (Å²) in [7, 11) is 1.18. The molecule has 1 N–H and O–H groups in total. The summed E-state index contributed by atoms with van der Waals surface area (Å²) in [5.74, 6) is -2.04. The first kappa shape index (κ1) is 23.0. The van der Waals surface area contributed by atoms with Crippen molar-refractivity contribution >= 4 is 29.7 Å². The molecule has 30 heavy (non-hydrogen) atoms. The topological polar surface area (TPSA) is 120 Å². The fourth-order valence-corrected chi connectivity index (χ4v) is 3.45. The molecule has 0 unspecified atom stereocenters. The van der Waals surface area contributed by atoms with Crippen LogP contribution in [-0.2, 0) is 33.3 Å². The second kappa shape index (κ2) is 9.95. The Morgan fingerprint density at radius 3 is 1.90 bits per heavy atom. The number of para-hydroxylation sites is 1. The first-order valence-electron chi connectivity index (χ1n) is 9.35. The molecule has 5 atom stereocenters. The number of nitrogens with one attached hydrogen (secondary N) is 1. The average molecular weight is 422 g/mol. The van der Waals surface area contributed by atoms with E-state index in [1.54, 1.807) is 31.2 Å². The van der Waals surface area contributed by atoms with Crippen LogP contribution in [0.1, 0.15) is 27.7 Å². The van der Waals surface area contributed by atoms with Crippen LogP contribution in [0.3, 0.4) is 0 Å². The number of esters is 3. The average Bonchev–Trinajstić information content (AvgIpc) is 2.67. The minimum atomic E-state index is -1.35. The molecule has 1 heterocycles. The van der Waals surface area contributed by atoms with Gasteiger partial charge in [-0.3, -0.25) is 19.3 Å². The fourth-order valence-electron chi connectivity index (χ4n) is 3.45. The maximum Gasteiger partial charge on any atom is 0.412 e. The van der Waals surface area contributed by atoms with Crippen molar-refractivity contribution < 1.29 is 38.1 Å². The quantitative estimate of drug-likeness (QED) is 0.558. The normalized spacial score (nSPS) is 25.6. The molecule has 0 bridgehead atoms. The lowest BCUT2D eigenvalue weighted by atomic mass is 9.90. The number of likely N-dealkylation sites (tertiary alicyclic amines) is 1. The zero-order chi connectivity index (χ0) is 22.4. The molecule has 2 rings (SSSR count). The maximum absolute atomic E-state index is 12.6. The number of piperidine rings is 1. The van der Waals surface area contributed by atoms with E-state index in [1.165, 1.54) is 14.0 Å². The van der Waals surface area contributed by atoms with E-state index in [2.05, 4.69) is 5.32 Å². The van der Waals surface area contributed by atoms with Gasteiger partial charge in [-0.05, 0) is 19.1 Å².